The van der Waals surface area contributed by atoms with Gasteiger partial charge in [0.05, 0.1) is 6.10 Å². The normalized spacial score (nSPS) is 33.8. The average molecular weight is 140 g/mol. The van der Waals surface area contributed by atoms with Crippen LogP contribution in [-0.4, -0.2) is 11.2 Å². The van der Waals surface area contributed by atoms with Gasteiger partial charge in [0.25, 0.3) is 0 Å². The average Bonchev–Trinajstić information content (AvgIpc) is 2.13. The SMILES string of the molecule is CC[C@H]1C=CCCC[C@@H]1O. The van der Waals surface area contributed by atoms with Gasteiger partial charge < -0.3 is 5.11 Å². The number of allylic oxidation sites excluding steroid dienone is 1. The van der Waals surface area contributed by atoms with Gasteiger partial charge >= 0.3 is 0 Å². The number of hydrogen-bond acceptors (Lipinski definition) is 1. The fraction of sp³-hybridized carbons (Fsp3) is 0.778. The minimum atomic E-state index is -0.0799. The van der Waals surface area contributed by atoms with Crippen molar-refractivity contribution < 1.29 is 5.11 Å². The molecule has 0 spiro atoms. The smallest absolute Gasteiger partial charge is 0.0602 e. The Hall–Kier alpha value is -0.300. The summed E-state index contributed by atoms with van der Waals surface area (Å²) in [4.78, 5) is 0. The number of rotatable bonds is 1. The lowest BCUT2D eigenvalue weighted by atomic mass is 9.98. The van der Waals surface area contributed by atoms with E-state index >= 15 is 0 Å². The van der Waals surface area contributed by atoms with Gasteiger partial charge in [0.15, 0.2) is 0 Å². The monoisotopic (exact) mass is 140 g/mol. The molecule has 0 heterocycles. The van der Waals surface area contributed by atoms with Crippen LogP contribution in [0.3, 0.4) is 0 Å². The summed E-state index contributed by atoms with van der Waals surface area (Å²) in [6.07, 6.45) is 8.62. The molecule has 1 N–H and O–H groups in total. The van der Waals surface area contributed by atoms with E-state index in [1.54, 1.807) is 0 Å². The molecule has 0 amide bonds. The van der Waals surface area contributed by atoms with Crippen molar-refractivity contribution in [1.82, 2.24) is 0 Å². The van der Waals surface area contributed by atoms with Gasteiger partial charge in [-0.15, -0.1) is 0 Å². The van der Waals surface area contributed by atoms with Crippen molar-refractivity contribution in [2.45, 2.75) is 38.7 Å². The van der Waals surface area contributed by atoms with Crippen molar-refractivity contribution in [3.05, 3.63) is 12.2 Å². The Balaban J connectivity index is 2.48. The van der Waals surface area contributed by atoms with E-state index in [9.17, 15) is 5.11 Å². The third kappa shape index (κ3) is 1.84. The topological polar surface area (TPSA) is 20.2 Å². The fourth-order valence-electron chi connectivity index (χ4n) is 1.47. The van der Waals surface area contributed by atoms with Crippen molar-refractivity contribution in [1.29, 1.82) is 0 Å². The Labute approximate surface area is 62.8 Å². The summed E-state index contributed by atoms with van der Waals surface area (Å²) < 4.78 is 0. The highest BCUT2D eigenvalue weighted by Gasteiger charge is 2.15. The Bertz CT molecular complexity index is 118. The Morgan fingerprint density at radius 3 is 3.10 bits per heavy atom. The van der Waals surface area contributed by atoms with Gasteiger partial charge in [0, 0.05) is 5.92 Å². The molecule has 0 aromatic rings. The van der Waals surface area contributed by atoms with Crippen LogP contribution in [0.4, 0.5) is 0 Å². The molecular weight excluding hydrogens is 124 g/mol. The summed E-state index contributed by atoms with van der Waals surface area (Å²) in [6, 6.07) is 0. The molecule has 1 rings (SSSR count). The summed E-state index contributed by atoms with van der Waals surface area (Å²) in [5.74, 6) is 0.419. The van der Waals surface area contributed by atoms with Gasteiger partial charge in [-0.1, -0.05) is 19.1 Å². The highest BCUT2D eigenvalue weighted by Crippen LogP contribution is 2.19. The Morgan fingerprint density at radius 2 is 2.40 bits per heavy atom. The molecule has 58 valence electrons. The first-order valence-electron chi connectivity index (χ1n) is 4.19. The van der Waals surface area contributed by atoms with Crippen LogP contribution in [-0.2, 0) is 0 Å². The molecule has 2 atom stereocenters. The van der Waals surface area contributed by atoms with Crippen LogP contribution in [0.5, 0.6) is 0 Å². The minimum absolute atomic E-state index is 0.0799. The summed E-state index contributed by atoms with van der Waals surface area (Å²) in [7, 11) is 0. The fourth-order valence-corrected chi connectivity index (χ4v) is 1.47. The lowest BCUT2D eigenvalue weighted by Crippen LogP contribution is -2.16. The lowest BCUT2D eigenvalue weighted by molar-refractivity contribution is 0.119. The highest BCUT2D eigenvalue weighted by atomic mass is 16.3. The predicted octanol–water partition coefficient (Wildman–Crippen LogP) is 2.11. The molecule has 1 aliphatic rings. The number of aliphatic hydroxyl groups excluding tert-OH is 1. The van der Waals surface area contributed by atoms with Crippen molar-refractivity contribution in [2.75, 3.05) is 0 Å². The molecule has 0 bridgehead atoms. The lowest BCUT2D eigenvalue weighted by Gasteiger charge is -2.15. The molecule has 0 aliphatic heterocycles. The predicted molar refractivity (Wildman–Crippen MR) is 42.8 cm³/mol. The summed E-state index contributed by atoms with van der Waals surface area (Å²) in [5, 5.41) is 9.50. The van der Waals surface area contributed by atoms with Gasteiger partial charge in [-0.05, 0) is 25.7 Å². The molecule has 0 aromatic carbocycles. The molecular formula is C9H16O. The molecule has 10 heavy (non-hydrogen) atoms. The molecule has 0 saturated carbocycles. The third-order valence-corrected chi connectivity index (χ3v) is 2.22. The molecule has 0 unspecified atom stereocenters. The zero-order valence-corrected chi connectivity index (χ0v) is 6.59. The zero-order chi connectivity index (χ0) is 7.40. The molecule has 0 aromatic heterocycles. The molecule has 0 fully saturated rings. The van der Waals surface area contributed by atoms with Crippen LogP contribution in [0, 0.1) is 5.92 Å². The van der Waals surface area contributed by atoms with E-state index in [2.05, 4.69) is 19.1 Å². The Kier molecular flexibility index (Phi) is 2.94. The largest absolute Gasteiger partial charge is 0.393 e. The first-order chi connectivity index (χ1) is 4.84. The van der Waals surface area contributed by atoms with Gasteiger partial charge in [-0.25, -0.2) is 0 Å². The third-order valence-electron chi connectivity index (χ3n) is 2.22. The van der Waals surface area contributed by atoms with E-state index in [1.807, 2.05) is 0 Å². The number of aliphatic hydroxyl groups is 1. The van der Waals surface area contributed by atoms with Crippen LogP contribution < -0.4 is 0 Å². The molecule has 0 saturated heterocycles. The molecule has 0 radical (unpaired) electrons. The van der Waals surface area contributed by atoms with Gasteiger partial charge in [-0.3, -0.25) is 0 Å². The summed E-state index contributed by atoms with van der Waals surface area (Å²) in [5.41, 5.74) is 0. The van der Waals surface area contributed by atoms with E-state index < -0.39 is 0 Å². The highest BCUT2D eigenvalue weighted by molar-refractivity contribution is 4.94. The van der Waals surface area contributed by atoms with Crippen LogP contribution in [0.1, 0.15) is 32.6 Å². The molecule has 1 aliphatic carbocycles. The maximum Gasteiger partial charge on any atom is 0.0602 e. The minimum Gasteiger partial charge on any atom is -0.393 e. The van der Waals surface area contributed by atoms with Crippen LogP contribution in [0.2, 0.25) is 0 Å². The van der Waals surface area contributed by atoms with Crippen molar-refractivity contribution >= 4 is 0 Å². The van der Waals surface area contributed by atoms with E-state index in [1.165, 1.54) is 0 Å². The first-order valence-corrected chi connectivity index (χ1v) is 4.19. The second-order valence-electron chi connectivity index (χ2n) is 3.00. The maximum atomic E-state index is 9.50. The summed E-state index contributed by atoms with van der Waals surface area (Å²) in [6.45, 7) is 2.13. The molecule has 1 nitrogen and oxygen atoms in total. The zero-order valence-electron chi connectivity index (χ0n) is 6.59. The quantitative estimate of drug-likeness (QED) is 0.553. The van der Waals surface area contributed by atoms with Crippen molar-refractivity contribution in [3.8, 4) is 0 Å². The second kappa shape index (κ2) is 3.77. The van der Waals surface area contributed by atoms with Gasteiger partial charge in [0.2, 0.25) is 0 Å². The Morgan fingerprint density at radius 1 is 1.60 bits per heavy atom. The van der Waals surface area contributed by atoms with E-state index in [0.29, 0.717) is 5.92 Å². The van der Waals surface area contributed by atoms with Gasteiger partial charge in [-0.2, -0.15) is 0 Å². The number of hydrogen-bond donors (Lipinski definition) is 1. The summed E-state index contributed by atoms with van der Waals surface area (Å²) >= 11 is 0. The van der Waals surface area contributed by atoms with Gasteiger partial charge in [0.1, 0.15) is 0 Å². The first kappa shape index (κ1) is 7.80. The van der Waals surface area contributed by atoms with E-state index in [-0.39, 0.29) is 6.10 Å². The maximum absolute atomic E-state index is 9.50. The standard InChI is InChI=1S/C9H16O/c1-2-8-6-4-3-5-7-9(8)10/h4,6,8-10H,2-3,5,7H2,1H3/t8-,9-/m0/s1. The second-order valence-corrected chi connectivity index (χ2v) is 3.00. The van der Waals surface area contributed by atoms with Crippen molar-refractivity contribution in [2.24, 2.45) is 5.92 Å². The van der Waals surface area contributed by atoms with E-state index in [4.69, 9.17) is 0 Å². The van der Waals surface area contributed by atoms with Crippen LogP contribution in [0.25, 0.3) is 0 Å². The molecule has 1 heteroatoms. The van der Waals surface area contributed by atoms with Crippen molar-refractivity contribution in [3.63, 3.8) is 0 Å². The van der Waals surface area contributed by atoms with Crippen LogP contribution in [0.15, 0.2) is 12.2 Å². The van der Waals surface area contributed by atoms with Crippen LogP contribution >= 0.6 is 0 Å². The van der Waals surface area contributed by atoms with E-state index in [0.717, 1.165) is 25.7 Å².